The lowest BCUT2D eigenvalue weighted by molar-refractivity contribution is 0.835. The van der Waals surface area contributed by atoms with Crippen LogP contribution in [0.5, 0.6) is 0 Å². The van der Waals surface area contributed by atoms with Crippen molar-refractivity contribution in [2.45, 2.75) is 11.6 Å². The molecule has 0 aliphatic carbocycles. The minimum Gasteiger partial charge on any atom is -0.368 e. The molecule has 0 unspecified atom stereocenters. The number of rotatable bonds is 3. The van der Waals surface area contributed by atoms with Crippen LogP contribution >= 0.6 is 23.1 Å². The second-order valence-electron chi connectivity index (χ2n) is 3.41. The van der Waals surface area contributed by atoms with Gasteiger partial charge in [0.1, 0.15) is 5.01 Å². The van der Waals surface area contributed by atoms with Crippen molar-refractivity contribution in [3.63, 3.8) is 0 Å². The Labute approximate surface area is 111 Å². The second-order valence-corrected chi connectivity index (χ2v) is 5.16. The molecule has 18 heavy (non-hydrogen) atoms. The Kier molecular flexibility index (Phi) is 2.84. The summed E-state index contributed by atoms with van der Waals surface area (Å²) >= 11 is 2.99. The number of anilines is 1. The van der Waals surface area contributed by atoms with Gasteiger partial charge in [0.2, 0.25) is 5.95 Å². The second kappa shape index (κ2) is 4.50. The van der Waals surface area contributed by atoms with Gasteiger partial charge < -0.3 is 5.73 Å². The average Bonchev–Trinajstić information content (AvgIpc) is 2.98. The average molecular weight is 279 g/mol. The summed E-state index contributed by atoms with van der Waals surface area (Å²) in [5.41, 5.74) is 5.80. The van der Waals surface area contributed by atoms with Crippen LogP contribution in [0.2, 0.25) is 0 Å². The third-order valence-electron chi connectivity index (χ3n) is 2.23. The molecule has 0 fully saturated rings. The molecule has 3 heterocycles. The molecular weight excluding hydrogens is 270 g/mol. The summed E-state index contributed by atoms with van der Waals surface area (Å²) in [6.07, 6.45) is 4.23. The highest BCUT2D eigenvalue weighted by Gasteiger charge is 2.11. The molecule has 9 heteroatoms. The van der Waals surface area contributed by atoms with Gasteiger partial charge in [0.15, 0.2) is 11.0 Å². The maximum atomic E-state index is 5.80. The molecule has 0 amide bonds. The van der Waals surface area contributed by atoms with E-state index >= 15 is 0 Å². The molecule has 2 N–H and O–H groups in total. The molecule has 3 aromatic heterocycles. The van der Waals surface area contributed by atoms with Crippen molar-refractivity contribution in [3.8, 4) is 0 Å². The smallest absolute Gasteiger partial charge is 0.258 e. The fourth-order valence-electron chi connectivity index (χ4n) is 1.47. The summed E-state index contributed by atoms with van der Waals surface area (Å²) in [6.45, 7) is 0. The number of fused-ring (bicyclic) bond motifs is 1. The molecule has 0 spiro atoms. The first-order chi connectivity index (χ1) is 8.76. The van der Waals surface area contributed by atoms with E-state index < -0.39 is 0 Å². The SMILES string of the molecule is CSc1nc(N)n2nc(Cc3nccs3)nc2n1. The number of nitrogens with two attached hydrogens (primary N) is 1. The summed E-state index contributed by atoms with van der Waals surface area (Å²) < 4.78 is 1.45. The third kappa shape index (κ3) is 2.02. The van der Waals surface area contributed by atoms with Crippen molar-refractivity contribution in [1.82, 2.24) is 29.5 Å². The molecule has 92 valence electrons. The van der Waals surface area contributed by atoms with Crippen molar-refractivity contribution in [3.05, 3.63) is 22.4 Å². The number of hydrogen-bond acceptors (Lipinski definition) is 8. The van der Waals surface area contributed by atoms with Gasteiger partial charge in [-0.2, -0.15) is 19.5 Å². The van der Waals surface area contributed by atoms with Crippen molar-refractivity contribution in [2.75, 3.05) is 12.0 Å². The number of thiazole rings is 1. The van der Waals surface area contributed by atoms with E-state index in [0.717, 1.165) is 5.01 Å². The zero-order valence-corrected chi connectivity index (χ0v) is 11.1. The molecule has 0 atom stereocenters. The zero-order chi connectivity index (χ0) is 12.5. The van der Waals surface area contributed by atoms with E-state index in [1.165, 1.54) is 16.3 Å². The van der Waals surface area contributed by atoms with E-state index in [2.05, 4.69) is 25.0 Å². The topological polar surface area (TPSA) is 94.9 Å². The first-order valence-corrected chi connectivity index (χ1v) is 7.18. The molecule has 3 aromatic rings. The molecule has 0 aliphatic rings. The number of nitrogen functional groups attached to an aromatic ring is 1. The van der Waals surface area contributed by atoms with Crippen LogP contribution in [-0.2, 0) is 6.42 Å². The van der Waals surface area contributed by atoms with Crippen molar-refractivity contribution in [2.24, 2.45) is 0 Å². The summed E-state index contributed by atoms with van der Waals surface area (Å²) in [6, 6.07) is 0. The molecule has 0 aliphatic heterocycles. The van der Waals surface area contributed by atoms with E-state index in [0.29, 0.717) is 29.1 Å². The fourth-order valence-corrected chi connectivity index (χ4v) is 2.44. The molecule has 0 aromatic carbocycles. The van der Waals surface area contributed by atoms with Gasteiger partial charge in [-0.15, -0.1) is 16.4 Å². The monoisotopic (exact) mass is 279 g/mol. The van der Waals surface area contributed by atoms with Gasteiger partial charge in [0.25, 0.3) is 5.78 Å². The highest BCUT2D eigenvalue weighted by molar-refractivity contribution is 7.98. The number of hydrogen-bond donors (Lipinski definition) is 1. The standard InChI is InChI=1S/C9H9N7S2/c1-17-9-13-7(10)16-8(14-9)12-5(15-16)4-6-11-2-3-18-6/h2-3H,4H2,1H3,(H2,10,12,13,14,15). The van der Waals surface area contributed by atoms with E-state index in [1.807, 2.05) is 11.6 Å². The quantitative estimate of drug-likeness (QED) is 0.711. The summed E-state index contributed by atoms with van der Waals surface area (Å²) in [4.78, 5) is 16.9. The first kappa shape index (κ1) is 11.4. The van der Waals surface area contributed by atoms with Crippen LogP contribution in [-0.4, -0.2) is 35.8 Å². The van der Waals surface area contributed by atoms with Crippen LogP contribution in [0.1, 0.15) is 10.8 Å². The lowest BCUT2D eigenvalue weighted by atomic mass is 10.4. The fraction of sp³-hybridized carbons (Fsp3) is 0.222. The highest BCUT2D eigenvalue weighted by Crippen LogP contribution is 2.14. The molecule has 0 saturated heterocycles. The Morgan fingerprint density at radius 1 is 1.39 bits per heavy atom. The Morgan fingerprint density at radius 2 is 2.28 bits per heavy atom. The lowest BCUT2D eigenvalue weighted by Gasteiger charge is -1.97. The minimum absolute atomic E-state index is 0.294. The van der Waals surface area contributed by atoms with E-state index in [-0.39, 0.29) is 0 Å². The van der Waals surface area contributed by atoms with Gasteiger partial charge in [0, 0.05) is 11.6 Å². The van der Waals surface area contributed by atoms with Gasteiger partial charge in [0.05, 0.1) is 6.42 Å². The summed E-state index contributed by atoms with van der Waals surface area (Å²) in [5, 5.41) is 7.75. The Bertz CT molecular complexity index is 676. The van der Waals surface area contributed by atoms with Gasteiger partial charge in [-0.25, -0.2) is 4.98 Å². The Hall–Kier alpha value is -1.74. The van der Waals surface area contributed by atoms with E-state index in [1.54, 1.807) is 17.5 Å². The van der Waals surface area contributed by atoms with Crippen molar-refractivity contribution in [1.29, 1.82) is 0 Å². The molecule has 0 bridgehead atoms. The van der Waals surface area contributed by atoms with Crippen LogP contribution in [0, 0.1) is 0 Å². The molecule has 0 saturated carbocycles. The van der Waals surface area contributed by atoms with Crippen LogP contribution < -0.4 is 5.73 Å². The van der Waals surface area contributed by atoms with Crippen molar-refractivity contribution >= 4 is 34.8 Å². The van der Waals surface area contributed by atoms with Gasteiger partial charge >= 0.3 is 0 Å². The third-order valence-corrected chi connectivity index (χ3v) is 3.56. The molecule has 0 radical (unpaired) electrons. The number of nitrogens with zero attached hydrogens (tertiary/aromatic N) is 6. The van der Waals surface area contributed by atoms with Crippen LogP contribution in [0.15, 0.2) is 16.7 Å². The van der Waals surface area contributed by atoms with E-state index in [9.17, 15) is 0 Å². The van der Waals surface area contributed by atoms with Gasteiger partial charge in [-0.1, -0.05) is 11.8 Å². The summed E-state index contributed by atoms with van der Waals surface area (Å²) in [5.74, 6) is 1.41. The molecule has 3 rings (SSSR count). The summed E-state index contributed by atoms with van der Waals surface area (Å²) in [7, 11) is 0. The van der Waals surface area contributed by atoms with Gasteiger partial charge in [-0.3, -0.25) is 0 Å². The molecular formula is C9H9N7S2. The Balaban J connectivity index is 2.02. The maximum Gasteiger partial charge on any atom is 0.258 e. The van der Waals surface area contributed by atoms with Gasteiger partial charge in [-0.05, 0) is 6.26 Å². The van der Waals surface area contributed by atoms with Crippen LogP contribution in [0.25, 0.3) is 5.78 Å². The highest BCUT2D eigenvalue weighted by atomic mass is 32.2. The van der Waals surface area contributed by atoms with Crippen LogP contribution in [0.3, 0.4) is 0 Å². The first-order valence-electron chi connectivity index (χ1n) is 5.08. The number of thioether (sulfide) groups is 1. The lowest BCUT2D eigenvalue weighted by Crippen LogP contribution is -2.05. The minimum atomic E-state index is 0.294. The van der Waals surface area contributed by atoms with E-state index in [4.69, 9.17) is 5.73 Å². The predicted octanol–water partition coefficient (Wildman–Crippen LogP) is 0.871. The normalized spacial score (nSPS) is 11.2. The largest absolute Gasteiger partial charge is 0.368 e. The Morgan fingerprint density at radius 3 is 3.00 bits per heavy atom. The van der Waals surface area contributed by atoms with Crippen molar-refractivity contribution < 1.29 is 0 Å². The molecule has 7 nitrogen and oxygen atoms in total. The zero-order valence-electron chi connectivity index (χ0n) is 9.44. The predicted molar refractivity (Wildman–Crippen MR) is 69.7 cm³/mol. The maximum absolute atomic E-state index is 5.80. The van der Waals surface area contributed by atoms with Crippen LogP contribution in [0.4, 0.5) is 5.95 Å². The number of aromatic nitrogens is 6.